The van der Waals surface area contributed by atoms with E-state index in [-0.39, 0.29) is 5.97 Å². The summed E-state index contributed by atoms with van der Waals surface area (Å²) in [6.45, 7) is 2.15. The van der Waals surface area contributed by atoms with Gasteiger partial charge in [-0.2, -0.15) is 0 Å². The third kappa shape index (κ3) is 3.74. The average Bonchev–Trinajstić information content (AvgIpc) is 3.57. The lowest BCUT2D eigenvalue weighted by molar-refractivity contribution is 0.0533. The molecule has 0 aliphatic carbocycles. The smallest absolute Gasteiger partial charge is 0.348 e. The normalized spacial score (nSPS) is 11.3. The molecule has 0 aliphatic heterocycles. The van der Waals surface area contributed by atoms with Gasteiger partial charge in [0.1, 0.15) is 10.4 Å². The minimum absolute atomic E-state index is 0.317. The van der Waals surface area contributed by atoms with Crippen molar-refractivity contribution in [3.8, 4) is 11.3 Å². The average molecular weight is 465 g/mol. The van der Waals surface area contributed by atoms with E-state index in [0.29, 0.717) is 11.5 Å². The Morgan fingerprint density at radius 3 is 1.88 bits per heavy atom. The number of imidazole rings is 1. The molecule has 0 spiro atoms. The minimum Gasteiger partial charge on any atom is -0.462 e. The van der Waals surface area contributed by atoms with Crippen molar-refractivity contribution in [3.63, 3.8) is 0 Å². The van der Waals surface area contributed by atoms with Gasteiger partial charge < -0.3 is 9.30 Å². The molecule has 2 aromatic heterocycles. The topological polar surface area (TPSA) is 44.1 Å². The highest BCUT2D eigenvalue weighted by Crippen LogP contribution is 2.41. The minimum atomic E-state index is -0.644. The number of carbonyl (C=O) groups is 1. The van der Waals surface area contributed by atoms with Crippen molar-refractivity contribution in [2.45, 2.75) is 12.5 Å². The first-order valence-electron chi connectivity index (χ1n) is 11.2. The maximum Gasteiger partial charge on any atom is 0.348 e. The van der Waals surface area contributed by atoms with Crippen molar-refractivity contribution < 1.29 is 9.53 Å². The Morgan fingerprint density at radius 2 is 1.38 bits per heavy atom. The highest BCUT2D eigenvalue weighted by molar-refractivity contribution is 7.12. The zero-order chi connectivity index (χ0) is 23.4. The Hall–Kier alpha value is -3.96. The van der Waals surface area contributed by atoms with Gasteiger partial charge in [0.15, 0.2) is 0 Å². The van der Waals surface area contributed by atoms with Gasteiger partial charge in [-0.25, -0.2) is 9.78 Å². The molecule has 0 N–H and O–H groups in total. The van der Waals surface area contributed by atoms with Crippen LogP contribution >= 0.6 is 11.3 Å². The quantitative estimate of drug-likeness (QED) is 0.201. The van der Waals surface area contributed by atoms with Gasteiger partial charge in [-0.05, 0) is 35.1 Å². The van der Waals surface area contributed by atoms with Crippen molar-refractivity contribution in [3.05, 3.63) is 137 Å². The number of esters is 1. The summed E-state index contributed by atoms with van der Waals surface area (Å²) in [5.74, 6) is -0.317. The SMILES string of the molecule is CCOC(=O)c1sccc1-c1cn(C(c2ccccc2)(c2ccccc2)c2ccccc2)cn1. The van der Waals surface area contributed by atoms with Gasteiger partial charge in [0.05, 0.1) is 18.6 Å². The molecule has 5 aromatic rings. The number of benzene rings is 3. The molecule has 0 unspecified atom stereocenters. The van der Waals surface area contributed by atoms with Crippen LogP contribution in [0, 0.1) is 0 Å². The fourth-order valence-corrected chi connectivity index (χ4v) is 5.29. The van der Waals surface area contributed by atoms with Crippen LogP contribution in [0.4, 0.5) is 0 Å². The lowest BCUT2D eigenvalue weighted by Gasteiger charge is -2.37. The number of hydrogen-bond donors (Lipinski definition) is 0. The summed E-state index contributed by atoms with van der Waals surface area (Å²) in [5.41, 5.74) is 4.23. The summed E-state index contributed by atoms with van der Waals surface area (Å²) in [4.78, 5) is 17.9. The lowest BCUT2D eigenvalue weighted by atomic mass is 9.77. The standard InChI is InChI=1S/C29H24N2O2S/c1-2-33-28(32)27-25(18-19-34-27)26-20-31(21-30-26)29(22-12-6-3-7-13-22,23-14-8-4-9-15-23)24-16-10-5-11-17-24/h3-21H,2H2,1H3. The van der Waals surface area contributed by atoms with Crippen LogP contribution in [-0.2, 0) is 10.3 Å². The monoisotopic (exact) mass is 464 g/mol. The van der Waals surface area contributed by atoms with Gasteiger partial charge in [0, 0.05) is 11.8 Å². The predicted octanol–water partition coefficient (Wildman–Crippen LogP) is 6.63. The Kier molecular flexibility index (Phi) is 6.11. The molecule has 0 fully saturated rings. The molecule has 3 aromatic carbocycles. The van der Waals surface area contributed by atoms with Crippen LogP contribution < -0.4 is 0 Å². The van der Waals surface area contributed by atoms with Gasteiger partial charge in [0.25, 0.3) is 0 Å². The number of carbonyl (C=O) groups excluding carboxylic acids is 1. The number of nitrogens with zero attached hydrogens (tertiary/aromatic N) is 2. The molecule has 4 nitrogen and oxygen atoms in total. The van der Waals surface area contributed by atoms with E-state index in [9.17, 15) is 4.79 Å². The number of ether oxygens (including phenoxy) is 1. The maximum atomic E-state index is 12.5. The van der Waals surface area contributed by atoms with Crippen molar-refractivity contribution in [1.29, 1.82) is 0 Å². The molecule has 0 radical (unpaired) electrons. The first-order valence-corrected chi connectivity index (χ1v) is 12.1. The van der Waals surface area contributed by atoms with E-state index in [1.165, 1.54) is 11.3 Å². The van der Waals surface area contributed by atoms with Crippen LogP contribution in [0.5, 0.6) is 0 Å². The second-order valence-electron chi connectivity index (χ2n) is 7.86. The van der Waals surface area contributed by atoms with E-state index < -0.39 is 5.54 Å². The first kappa shape index (κ1) is 21.9. The Morgan fingerprint density at radius 1 is 0.853 bits per heavy atom. The summed E-state index contributed by atoms with van der Waals surface area (Å²) >= 11 is 1.37. The number of rotatable bonds is 7. The summed E-state index contributed by atoms with van der Waals surface area (Å²) < 4.78 is 7.42. The summed E-state index contributed by atoms with van der Waals surface area (Å²) in [5, 5.41) is 1.90. The molecule has 0 amide bonds. The molecule has 2 heterocycles. The number of thiophene rings is 1. The molecule has 5 heteroatoms. The van der Waals surface area contributed by atoms with Crippen LogP contribution in [-0.4, -0.2) is 22.1 Å². The molecule has 0 atom stereocenters. The van der Waals surface area contributed by atoms with Gasteiger partial charge in [-0.3, -0.25) is 0 Å². The van der Waals surface area contributed by atoms with Crippen LogP contribution in [0.1, 0.15) is 33.3 Å². The van der Waals surface area contributed by atoms with Crippen LogP contribution in [0.3, 0.4) is 0 Å². The van der Waals surface area contributed by atoms with Crippen molar-refractivity contribution >= 4 is 17.3 Å². The highest BCUT2D eigenvalue weighted by Gasteiger charge is 2.38. The van der Waals surface area contributed by atoms with E-state index in [4.69, 9.17) is 9.72 Å². The molecule has 34 heavy (non-hydrogen) atoms. The molecule has 0 aliphatic rings. The van der Waals surface area contributed by atoms with Gasteiger partial charge in [0.2, 0.25) is 0 Å². The summed E-state index contributed by atoms with van der Waals surface area (Å²) in [6, 6.07) is 33.3. The van der Waals surface area contributed by atoms with E-state index >= 15 is 0 Å². The maximum absolute atomic E-state index is 12.5. The molecule has 0 saturated carbocycles. The zero-order valence-corrected chi connectivity index (χ0v) is 19.6. The van der Waals surface area contributed by atoms with E-state index in [2.05, 4.69) is 77.4 Å². The molecule has 0 saturated heterocycles. The van der Waals surface area contributed by atoms with Crippen molar-refractivity contribution in [1.82, 2.24) is 9.55 Å². The van der Waals surface area contributed by atoms with Crippen LogP contribution in [0.2, 0.25) is 0 Å². The second kappa shape index (κ2) is 9.49. The fourth-order valence-electron chi connectivity index (χ4n) is 4.50. The summed E-state index contributed by atoms with van der Waals surface area (Å²) in [6.07, 6.45) is 3.88. The second-order valence-corrected chi connectivity index (χ2v) is 8.77. The van der Waals surface area contributed by atoms with Crippen molar-refractivity contribution in [2.75, 3.05) is 6.61 Å². The number of hydrogen-bond acceptors (Lipinski definition) is 4. The number of aromatic nitrogens is 2. The van der Waals surface area contributed by atoms with E-state index in [0.717, 1.165) is 27.9 Å². The van der Waals surface area contributed by atoms with Gasteiger partial charge in [-0.15, -0.1) is 11.3 Å². The van der Waals surface area contributed by atoms with Crippen molar-refractivity contribution in [2.24, 2.45) is 0 Å². The Bertz CT molecular complexity index is 1280. The Balaban J connectivity index is 1.75. The Labute approximate surface area is 203 Å². The molecule has 0 bridgehead atoms. The van der Waals surface area contributed by atoms with Crippen LogP contribution in [0.15, 0.2) is 115 Å². The van der Waals surface area contributed by atoms with Gasteiger partial charge >= 0.3 is 5.97 Å². The van der Waals surface area contributed by atoms with E-state index in [1.807, 2.05) is 49.1 Å². The highest BCUT2D eigenvalue weighted by atomic mass is 32.1. The molecular formula is C29H24N2O2S. The first-order chi connectivity index (χ1) is 16.7. The molecular weight excluding hydrogens is 440 g/mol. The third-order valence-corrected chi connectivity index (χ3v) is 6.84. The zero-order valence-electron chi connectivity index (χ0n) is 18.8. The largest absolute Gasteiger partial charge is 0.462 e. The molecule has 5 rings (SSSR count). The van der Waals surface area contributed by atoms with E-state index in [1.54, 1.807) is 0 Å². The fraction of sp³-hybridized carbons (Fsp3) is 0.103. The van der Waals surface area contributed by atoms with Gasteiger partial charge in [-0.1, -0.05) is 91.0 Å². The molecule has 168 valence electrons. The lowest BCUT2D eigenvalue weighted by Crippen LogP contribution is -2.36. The summed E-state index contributed by atoms with van der Waals surface area (Å²) in [7, 11) is 0. The predicted molar refractivity (Wildman–Crippen MR) is 136 cm³/mol. The van der Waals surface area contributed by atoms with Crippen LogP contribution in [0.25, 0.3) is 11.3 Å². The third-order valence-electron chi connectivity index (χ3n) is 5.95.